The highest BCUT2D eigenvalue weighted by Gasteiger charge is 2.33. The van der Waals surface area contributed by atoms with Crippen molar-refractivity contribution >= 4 is 0 Å². The lowest BCUT2D eigenvalue weighted by Crippen LogP contribution is -2.48. The van der Waals surface area contributed by atoms with E-state index >= 15 is 0 Å². The molecule has 2 heteroatoms. The van der Waals surface area contributed by atoms with Crippen LogP contribution in [-0.2, 0) is 0 Å². The molecule has 2 aliphatic heterocycles. The summed E-state index contributed by atoms with van der Waals surface area (Å²) in [6, 6.07) is 0. The van der Waals surface area contributed by atoms with Crippen molar-refractivity contribution in [2.24, 2.45) is 0 Å². The van der Waals surface area contributed by atoms with Gasteiger partial charge in [-0.05, 0) is 51.7 Å². The number of nitrogens with one attached hydrogen (secondary N) is 1. The standard InChI is InChI=1S/C11H22N2/c1-2-11(6-5-7-12-11)10-13-8-3-4-9-13/h12H,2-10H2,1H3. The Morgan fingerprint density at radius 1 is 1.23 bits per heavy atom. The zero-order valence-electron chi connectivity index (χ0n) is 8.81. The molecule has 0 spiro atoms. The van der Waals surface area contributed by atoms with E-state index in [4.69, 9.17) is 0 Å². The average molecular weight is 182 g/mol. The highest BCUT2D eigenvalue weighted by molar-refractivity contribution is 4.95. The van der Waals surface area contributed by atoms with Crippen LogP contribution in [0, 0.1) is 0 Å². The Morgan fingerprint density at radius 3 is 2.54 bits per heavy atom. The van der Waals surface area contributed by atoms with Crippen LogP contribution in [0.4, 0.5) is 0 Å². The van der Waals surface area contributed by atoms with Gasteiger partial charge in [0, 0.05) is 12.1 Å². The van der Waals surface area contributed by atoms with E-state index in [1.54, 1.807) is 0 Å². The molecule has 1 atom stereocenters. The Labute approximate surface area is 81.7 Å². The molecule has 0 aromatic rings. The first-order valence-electron chi connectivity index (χ1n) is 5.82. The zero-order valence-corrected chi connectivity index (χ0v) is 8.81. The van der Waals surface area contributed by atoms with E-state index in [0.717, 1.165) is 0 Å². The van der Waals surface area contributed by atoms with Crippen molar-refractivity contribution in [3.8, 4) is 0 Å². The first kappa shape index (κ1) is 9.47. The molecule has 1 unspecified atom stereocenters. The van der Waals surface area contributed by atoms with Gasteiger partial charge >= 0.3 is 0 Å². The number of rotatable bonds is 3. The minimum Gasteiger partial charge on any atom is -0.310 e. The van der Waals surface area contributed by atoms with E-state index in [1.807, 2.05) is 0 Å². The van der Waals surface area contributed by atoms with Crippen molar-refractivity contribution in [1.82, 2.24) is 10.2 Å². The number of likely N-dealkylation sites (tertiary alicyclic amines) is 1. The highest BCUT2D eigenvalue weighted by Crippen LogP contribution is 2.25. The number of hydrogen-bond acceptors (Lipinski definition) is 2. The van der Waals surface area contributed by atoms with Crippen LogP contribution in [-0.4, -0.2) is 36.6 Å². The van der Waals surface area contributed by atoms with Gasteiger partial charge in [0.25, 0.3) is 0 Å². The normalized spacial score (nSPS) is 35.8. The van der Waals surface area contributed by atoms with Gasteiger partial charge in [0.15, 0.2) is 0 Å². The molecule has 2 rings (SSSR count). The molecular weight excluding hydrogens is 160 g/mol. The highest BCUT2D eigenvalue weighted by atomic mass is 15.2. The molecule has 0 radical (unpaired) electrons. The van der Waals surface area contributed by atoms with Crippen molar-refractivity contribution in [1.29, 1.82) is 0 Å². The smallest absolute Gasteiger partial charge is 0.0306 e. The summed E-state index contributed by atoms with van der Waals surface area (Å²) in [6.07, 6.45) is 6.89. The summed E-state index contributed by atoms with van der Waals surface area (Å²) in [5.41, 5.74) is 0.477. The maximum absolute atomic E-state index is 3.70. The first-order valence-corrected chi connectivity index (χ1v) is 5.82. The van der Waals surface area contributed by atoms with Crippen LogP contribution in [0.5, 0.6) is 0 Å². The van der Waals surface area contributed by atoms with E-state index in [1.165, 1.54) is 58.3 Å². The van der Waals surface area contributed by atoms with Crippen LogP contribution < -0.4 is 5.32 Å². The van der Waals surface area contributed by atoms with Gasteiger partial charge in [-0.3, -0.25) is 0 Å². The molecule has 1 N–H and O–H groups in total. The molecule has 0 bridgehead atoms. The molecular formula is C11H22N2. The van der Waals surface area contributed by atoms with Crippen molar-refractivity contribution in [3.63, 3.8) is 0 Å². The Kier molecular flexibility index (Phi) is 2.89. The molecule has 0 aromatic carbocycles. The van der Waals surface area contributed by atoms with Crippen LogP contribution in [0.15, 0.2) is 0 Å². The molecule has 2 nitrogen and oxygen atoms in total. The van der Waals surface area contributed by atoms with Gasteiger partial charge in [0.1, 0.15) is 0 Å². The second-order valence-corrected chi connectivity index (χ2v) is 4.65. The minimum atomic E-state index is 0.477. The average Bonchev–Trinajstić information content (AvgIpc) is 2.77. The molecule has 0 aromatic heterocycles. The summed E-state index contributed by atoms with van der Waals surface area (Å²) in [5.74, 6) is 0. The minimum absolute atomic E-state index is 0.477. The van der Waals surface area contributed by atoms with Crippen LogP contribution in [0.1, 0.15) is 39.0 Å². The van der Waals surface area contributed by atoms with Gasteiger partial charge in [-0.1, -0.05) is 6.92 Å². The van der Waals surface area contributed by atoms with E-state index in [2.05, 4.69) is 17.1 Å². The predicted octanol–water partition coefficient (Wildman–Crippen LogP) is 1.61. The van der Waals surface area contributed by atoms with Crippen LogP contribution in [0.25, 0.3) is 0 Å². The third-order valence-electron chi connectivity index (χ3n) is 3.73. The fraction of sp³-hybridized carbons (Fsp3) is 1.00. The quantitative estimate of drug-likeness (QED) is 0.713. The summed E-state index contributed by atoms with van der Waals surface area (Å²) < 4.78 is 0. The van der Waals surface area contributed by atoms with E-state index in [-0.39, 0.29) is 0 Å². The third-order valence-corrected chi connectivity index (χ3v) is 3.73. The lowest BCUT2D eigenvalue weighted by Gasteiger charge is -2.32. The Morgan fingerprint density at radius 2 is 2.00 bits per heavy atom. The van der Waals surface area contributed by atoms with Gasteiger partial charge in [0.05, 0.1) is 0 Å². The molecule has 0 aliphatic carbocycles. The Hall–Kier alpha value is -0.0800. The molecule has 2 fully saturated rings. The van der Waals surface area contributed by atoms with Crippen molar-refractivity contribution in [3.05, 3.63) is 0 Å². The number of nitrogens with zero attached hydrogens (tertiary/aromatic N) is 1. The Bertz CT molecular complexity index is 155. The molecule has 76 valence electrons. The van der Waals surface area contributed by atoms with Gasteiger partial charge < -0.3 is 10.2 Å². The number of hydrogen-bond donors (Lipinski definition) is 1. The molecule has 0 saturated carbocycles. The maximum atomic E-state index is 3.70. The molecule has 0 amide bonds. The van der Waals surface area contributed by atoms with Crippen molar-refractivity contribution < 1.29 is 0 Å². The van der Waals surface area contributed by atoms with Crippen LogP contribution in [0.3, 0.4) is 0 Å². The second kappa shape index (κ2) is 3.97. The summed E-state index contributed by atoms with van der Waals surface area (Å²) in [7, 11) is 0. The first-order chi connectivity index (χ1) is 6.35. The lowest BCUT2D eigenvalue weighted by molar-refractivity contribution is 0.220. The fourth-order valence-electron chi connectivity index (χ4n) is 2.79. The monoisotopic (exact) mass is 182 g/mol. The molecule has 2 aliphatic rings. The zero-order chi connectivity index (χ0) is 9.15. The predicted molar refractivity (Wildman–Crippen MR) is 55.9 cm³/mol. The Balaban J connectivity index is 1.88. The summed E-state index contributed by atoms with van der Waals surface area (Å²) in [5, 5.41) is 3.70. The SMILES string of the molecule is CCC1(CN2CCCC2)CCCN1. The third kappa shape index (κ3) is 2.05. The van der Waals surface area contributed by atoms with Crippen molar-refractivity contribution in [2.45, 2.75) is 44.6 Å². The second-order valence-electron chi connectivity index (χ2n) is 4.65. The summed E-state index contributed by atoms with van der Waals surface area (Å²) in [4.78, 5) is 2.64. The maximum Gasteiger partial charge on any atom is 0.0306 e. The molecule has 2 saturated heterocycles. The summed E-state index contributed by atoms with van der Waals surface area (Å²) >= 11 is 0. The van der Waals surface area contributed by atoms with Gasteiger partial charge in [-0.15, -0.1) is 0 Å². The van der Waals surface area contributed by atoms with Gasteiger partial charge in [-0.2, -0.15) is 0 Å². The largest absolute Gasteiger partial charge is 0.310 e. The topological polar surface area (TPSA) is 15.3 Å². The van der Waals surface area contributed by atoms with E-state index in [9.17, 15) is 0 Å². The van der Waals surface area contributed by atoms with Crippen LogP contribution in [0.2, 0.25) is 0 Å². The summed E-state index contributed by atoms with van der Waals surface area (Å²) in [6.45, 7) is 7.53. The van der Waals surface area contributed by atoms with Gasteiger partial charge in [0.2, 0.25) is 0 Å². The van der Waals surface area contributed by atoms with E-state index < -0.39 is 0 Å². The molecule has 13 heavy (non-hydrogen) atoms. The van der Waals surface area contributed by atoms with E-state index in [0.29, 0.717) is 5.54 Å². The van der Waals surface area contributed by atoms with Crippen LogP contribution >= 0.6 is 0 Å². The molecule has 2 heterocycles. The lowest BCUT2D eigenvalue weighted by atomic mass is 9.93. The fourth-order valence-corrected chi connectivity index (χ4v) is 2.79. The van der Waals surface area contributed by atoms with Gasteiger partial charge in [-0.25, -0.2) is 0 Å². The van der Waals surface area contributed by atoms with Crippen molar-refractivity contribution in [2.75, 3.05) is 26.2 Å².